The molecule has 1 aliphatic rings. The number of rotatable bonds is 6. The maximum absolute atomic E-state index is 12.5. The summed E-state index contributed by atoms with van der Waals surface area (Å²) >= 11 is 0. The predicted octanol–water partition coefficient (Wildman–Crippen LogP) is 1.65. The van der Waals surface area contributed by atoms with E-state index < -0.39 is 10.0 Å². The molecule has 0 spiro atoms. The van der Waals surface area contributed by atoms with Gasteiger partial charge in [-0.1, -0.05) is 19.3 Å². The number of benzene rings is 1. The molecule has 136 valence electrons. The molecule has 0 saturated heterocycles. The van der Waals surface area contributed by atoms with Gasteiger partial charge in [-0.25, -0.2) is 13.1 Å². The van der Waals surface area contributed by atoms with Crippen LogP contribution in [0.4, 0.5) is 0 Å². The molecular weight excluding hydrogens is 350 g/mol. The summed E-state index contributed by atoms with van der Waals surface area (Å²) in [5.74, 6) is 0.0533. The molecule has 24 heavy (non-hydrogen) atoms. The van der Waals surface area contributed by atoms with Crippen LogP contribution in [-0.2, 0) is 10.0 Å². The molecule has 1 saturated carbocycles. The van der Waals surface area contributed by atoms with Crippen LogP contribution in [0, 0.1) is 5.92 Å². The normalized spacial score (nSPS) is 16.9. The number of amides is 1. The van der Waals surface area contributed by atoms with Crippen LogP contribution in [-0.4, -0.2) is 34.0 Å². The van der Waals surface area contributed by atoms with Crippen molar-refractivity contribution in [3.8, 4) is 0 Å². The maximum atomic E-state index is 12.5. The van der Waals surface area contributed by atoms with E-state index in [-0.39, 0.29) is 29.3 Å². The number of nitrogens with two attached hydrogens (primary N) is 1. The van der Waals surface area contributed by atoms with Gasteiger partial charge in [0.15, 0.2) is 0 Å². The topological polar surface area (TPSA) is 101 Å². The Balaban J connectivity index is 0.00000288. The van der Waals surface area contributed by atoms with E-state index in [0.717, 1.165) is 25.7 Å². The molecule has 1 aromatic carbocycles. The molecular formula is C16H26ClN3O3S. The largest absolute Gasteiger partial charge is 0.355 e. The van der Waals surface area contributed by atoms with Crippen molar-refractivity contribution >= 4 is 28.3 Å². The van der Waals surface area contributed by atoms with Crippen LogP contribution in [0.5, 0.6) is 0 Å². The van der Waals surface area contributed by atoms with E-state index >= 15 is 0 Å². The Kier molecular flexibility index (Phi) is 8.15. The van der Waals surface area contributed by atoms with Crippen molar-refractivity contribution in [2.45, 2.75) is 43.0 Å². The summed E-state index contributed by atoms with van der Waals surface area (Å²) in [5.41, 5.74) is 6.22. The second kappa shape index (κ2) is 9.36. The van der Waals surface area contributed by atoms with Gasteiger partial charge in [0.1, 0.15) is 0 Å². The zero-order valence-corrected chi connectivity index (χ0v) is 15.5. The van der Waals surface area contributed by atoms with Gasteiger partial charge in [-0.05, 0) is 43.0 Å². The molecule has 1 aliphatic carbocycles. The molecule has 0 radical (unpaired) electrons. The zero-order chi connectivity index (χ0) is 16.9. The van der Waals surface area contributed by atoms with Crippen molar-refractivity contribution in [2.75, 3.05) is 13.6 Å². The molecule has 2 rings (SSSR count). The SMILES string of the molecule is CNC(=O)c1ccc(S(=O)(=O)NC(CN)C2CCCCC2)cc1.Cl. The summed E-state index contributed by atoms with van der Waals surface area (Å²) in [6, 6.07) is 5.67. The van der Waals surface area contributed by atoms with Gasteiger partial charge in [0.05, 0.1) is 4.90 Å². The van der Waals surface area contributed by atoms with Gasteiger partial charge in [0.25, 0.3) is 5.91 Å². The first-order valence-corrected chi connectivity index (χ1v) is 9.51. The lowest BCUT2D eigenvalue weighted by Gasteiger charge is -2.29. The third-order valence-corrected chi connectivity index (χ3v) is 5.94. The second-order valence-electron chi connectivity index (χ2n) is 5.97. The van der Waals surface area contributed by atoms with Crippen LogP contribution in [0.1, 0.15) is 42.5 Å². The standard InChI is InChI=1S/C16H25N3O3S.ClH/c1-18-16(20)13-7-9-14(10-8-13)23(21,22)19-15(11-17)12-5-3-2-4-6-12;/h7-10,12,15,19H,2-6,11,17H2,1H3,(H,18,20);1H. The molecule has 0 bridgehead atoms. The third-order valence-electron chi connectivity index (χ3n) is 4.43. The fourth-order valence-electron chi connectivity index (χ4n) is 3.07. The number of hydrogen-bond donors (Lipinski definition) is 3. The van der Waals surface area contributed by atoms with Crippen LogP contribution in [0.25, 0.3) is 0 Å². The average molecular weight is 376 g/mol. The Labute approximate surface area is 150 Å². The van der Waals surface area contributed by atoms with Crippen molar-refractivity contribution in [3.05, 3.63) is 29.8 Å². The smallest absolute Gasteiger partial charge is 0.251 e. The molecule has 6 nitrogen and oxygen atoms in total. The molecule has 1 unspecified atom stereocenters. The molecule has 0 aromatic heterocycles. The van der Waals surface area contributed by atoms with Gasteiger partial charge in [-0.3, -0.25) is 4.79 Å². The summed E-state index contributed by atoms with van der Waals surface area (Å²) < 4.78 is 27.8. The molecule has 0 heterocycles. The van der Waals surface area contributed by atoms with Gasteiger partial charge < -0.3 is 11.1 Å². The highest BCUT2D eigenvalue weighted by Crippen LogP contribution is 2.27. The van der Waals surface area contributed by atoms with Crippen molar-refractivity contribution in [1.82, 2.24) is 10.0 Å². The van der Waals surface area contributed by atoms with Crippen LogP contribution in [0.3, 0.4) is 0 Å². The van der Waals surface area contributed by atoms with E-state index in [1.165, 1.54) is 37.7 Å². The van der Waals surface area contributed by atoms with E-state index in [1.807, 2.05) is 0 Å². The number of carbonyl (C=O) groups excluding carboxylic acids is 1. The highest BCUT2D eigenvalue weighted by Gasteiger charge is 2.27. The van der Waals surface area contributed by atoms with Crippen molar-refractivity contribution in [2.24, 2.45) is 11.7 Å². The van der Waals surface area contributed by atoms with Crippen molar-refractivity contribution in [1.29, 1.82) is 0 Å². The molecule has 1 fully saturated rings. The molecule has 1 atom stereocenters. The first-order chi connectivity index (χ1) is 11.0. The van der Waals surface area contributed by atoms with Crippen LogP contribution in [0.15, 0.2) is 29.2 Å². The number of nitrogens with one attached hydrogen (secondary N) is 2. The fraction of sp³-hybridized carbons (Fsp3) is 0.562. The van der Waals surface area contributed by atoms with E-state index in [9.17, 15) is 13.2 Å². The van der Waals surface area contributed by atoms with Crippen LogP contribution < -0.4 is 15.8 Å². The monoisotopic (exact) mass is 375 g/mol. The molecule has 8 heteroatoms. The Morgan fingerprint density at radius 2 is 1.79 bits per heavy atom. The van der Waals surface area contributed by atoms with Gasteiger partial charge >= 0.3 is 0 Å². The number of hydrogen-bond acceptors (Lipinski definition) is 4. The predicted molar refractivity (Wildman–Crippen MR) is 96.8 cm³/mol. The van der Waals surface area contributed by atoms with E-state index in [4.69, 9.17) is 5.73 Å². The Morgan fingerprint density at radius 3 is 2.29 bits per heavy atom. The summed E-state index contributed by atoms with van der Waals surface area (Å²) in [4.78, 5) is 11.7. The third kappa shape index (κ3) is 5.17. The average Bonchev–Trinajstić information content (AvgIpc) is 2.60. The molecule has 0 aliphatic heterocycles. The number of halogens is 1. The van der Waals surface area contributed by atoms with Gasteiger partial charge in [-0.15, -0.1) is 12.4 Å². The second-order valence-corrected chi connectivity index (χ2v) is 7.68. The first kappa shape index (κ1) is 20.9. The molecule has 4 N–H and O–H groups in total. The Morgan fingerprint density at radius 1 is 1.21 bits per heavy atom. The summed E-state index contributed by atoms with van der Waals surface area (Å²) in [5, 5.41) is 2.50. The summed E-state index contributed by atoms with van der Waals surface area (Å²) in [7, 11) is -2.10. The summed E-state index contributed by atoms with van der Waals surface area (Å²) in [6.45, 7) is 0.292. The lowest BCUT2D eigenvalue weighted by molar-refractivity contribution is 0.0963. The minimum atomic E-state index is -3.63. The quantitative estimate of drug-likeness (QED) is 0.703. The first-order valence-electron chi connectivity index (χ1n) is 8.02. The number of carbonyl (C=O) groups is 1. The van der Waals surface area contributed by atoms with Crippen LogP contribution in [0.2, 0.25) is 0 Å². The van der Waals surface area contributed by atoms with Gasteiger partial charge in [0, 0.05) is 25.2 Å². The van der Waals surface area contributed by atoms with Gasteiger partial charge in [0.2, 0.25) is 10.0 Å². The van der Waals surface area contributed by atoms with Gasteiger partial charge in [-0.2, -0.15) is 0 Å². The molecule has 1 aromatic rings. The minimum Gasteiger partial charge on any atom is -0.355 e. The van der Waals surface area contributed by atoms with Crippen LogP contribution >= 0.6 is 12.4 Å². The van der Waals surface area contributed by atoms with Crippen molar-refractivity contribution < 1.29 is 13.2 Å². The lowest BCUT2D eigenvalue weighted by Crippen LogP contribution is -2.45. The van der Waals surface area contributed by atoms with E-state index in [2.05, 4.69) is 10.0 Å². The van der Waals surface area contributed by atoms with E-state index in [0.29, 0.717) is 18.0 Å². The lowest BCUT2D eigenvalue weighted by atomic mass is 9.84. The zero-order valence-electron chi connectivity index (χ0n) is 13.8. The Hall–Kier alpha value is -1.15. The maximum Gasteiger partial charge on any atom is 0.251 e. The highest BCUT2D eigenvalue weighted by atomic mass is 35.5. The minimum absolute atomic E-state index is 0. The highest BCUT2D eigenvalue weighted by molar-refractivity contribution is 7.89. The number of sulfonamides is 1. The van der Waals surface area contributed by atoms with E-state index in [1.54, 1.807) is 0 Å². The fourth-order valence-corrected chi connectivity index (χ4v) is 4.39. The van der Waals surface area contributed by atoms with Crippen molar-refractivity contribution in [3.63, 3.8) is 0 Å². The molecule has 1 amide bonds. The Bertz CT molecular complexity index is 628. The summed E-state index contributed by atoms with van der Waals surface area (Å²) in [6.07, 6.45) is 5.49.